The summed E-state index contributed by atoms with van der Waals surface area (Å²) in [6.45, 7) is -0.221. The standard InChI is InChI=1S/C66H83Cl2N3O27/c1-5-6-7-8-9-19-26-88-64(58(76)82-2)27-41-49(69-61(79)90-41)55(96-64)52(74)44(35-85-32-38-20-13-10-14-21-38)94-65(59(77)83-3)28-42-50(70-62(80)91-42)56(97-65)53(75)45(36-86-33-39-22-15-11-16-23-39)95-66(60(78)84-4)29-43-51(71-63(81)92-43)57(98-66)54(93-48(73)31-68)46(89-47(72)30-67)37-87-34-40-24-17-12-18-25-40/h10-18,20-25,41-46,49-57,74-75H,5-9,19,26-37H2,1-4H3,(H,69,79)(H,70,80)(H,71,81)/t41-,42-,43-,44+,45+,46+,49+,50+,51+,52+,53+,54+,55+,56+,57+,64+,65+,66+/m0/s1. The number of unbranched alkanes of at least 4 members (excludes halogenated alkanes) is 5. The molecular weight excluding hydrogens is 1340 g/mol. The number of hydrogen-bond donors (Lipinski definition) is 5. The Balaban J connectivity index is 1.10. The summed E-state index contributed by atoms with van der Waals surface area (Å²) in [7, 11) is 3.04. The molecule has 5 N–H and O–H groups in total. The number of esters is 5. The van der Waals surface area contributed by atoms with Gasteiger partial charge in [-0.3, -0.25) is 9.59 Å². The van der Waals surface area contributed by atoms with Gasteiger partial charge < -0.3 is 107 Å². The first-order chi connectivity index (χ1) is 47.3. The molecule has 6 aliphatic heterocycles. The second-order valence-corrected chi connectivity index (χ2v) is 24.6. The molecule has 0 aliphatic carbocycles. The molecule has 18 atom stereocenters. The monoisotopic (exact) mass is 1420 g/mol. The van der Waals surface area contributed by atoms with E-state index in [2.05, 4.69) is 22.9 Å². The molecule has 6 saturated heterocycles. The molecule has 6 fully saturated rings. The number of halogens is 2. The molecule has 0 aromatic heterocycles. The Kier molecular flexibility index (Phi) is 27.1. The first kappa shape index (κ1) is 75.2. The van der Waals surface area contributed by atoms with Crippen molar-refractivity contribution in [2.45, 2.75) is 193 Å². The topological polar surface area (TPSA) is 370 Å². The number of alkyl carbamates (subject to hydrolysis) is 3. The summed E-state index contributed by atoms with van der Waals surface area (Å²) in [5, 5.41) is 34.2. The summed E-state index contributed by atoms with van der Waals surface area (Å²) in [5.41, 5.74) is 1.93. The van der Waals surface area contributed by atoms with Gasteiger partial charge in [-0.15, -0.1) is 23.2 Å². The second kappa shape index (κ2) is 35.3. The van der Waals surface area contributed by atoms with Crippen molar-refractivity contribution in [3.63, 3.8) is 0 Å². The van der Waals surface area contributed by atoms with Crippen LogP contribution in [-0.4, -0.2) is 227 Å². The largest absolute Gasteiger partial charge is 0.465 e. The summed E-state index contributed by atoms with van der Waals surface area (Å²) >= 11 is 12.0. The lowest BCUT2D eigenvalue weighted by Crippen LogP contribution is -2.70. The summed E-state index contributed by atoms with van der Waals surface area (Å²) < 4.78 is 103. The Morgan fingerprint density at radius 3 is 1.28 bits per heavy atom. The quantitative estimate of drug-likeness (QED) is 0.0233. The van der Waals surface area contributed by atoms with E-state index in [1.165, 1.54) is 0 Å². The molecule has 0 unspecified atom stereocenters. The van der Waals surface area contributed by atoms with Crippen molar-refractivity contribution < 1.29 is 129 Å². The van der Waals surface area contributed by atoms with Crippen LogP contribution in [0, 0.1) is 0 Å². The maximum Gasteiger partial charge on any atom is 0.407 e. The number of methoxy groups -OCH3 is 3. The van der Waals surface area contributed by atoms with Gasteiger partial charge in [0.15, 0.2) is 12.2 Å². The summed E-state index contributed by atoms with van der Waals surface area (Å²) in [6.07, 6.45) is -21.2. The third-order valence-corrected chi connectivity index (χ3v) is 17.8. The van der Waals surface area contributed by atoms with E-state index in [9.17, 15) is 48.6 Å². The normalized spacial score (nSPS) is 28.7. The van der Waals surface area contributed by atoms with Gasteiger partial charge in [0.25, 0.3) is 17.4 Å². The average Bonchev–Trinajstić information content (AvgIpc) is 1.39. The minimum Gasteiger partial charge on any atom is -0.465 e. The molecule has 0 saturated carbocycles. The van der Waals surface area contributed by atoms with E-state index in [1.807, 2.05) is 0 Å². The molecule has 98 heavy (non-hydrogen) atoms. The Hall–Kier alpha value is -7.04. The third kappa shape index (κ3) is 18.5. The van der Waals surface area contributed by atoms with Crippen molar-refractivity contribution in [3.8, 4) is 0 Å². The van der Waals surface area contributed by atoms with Gasteiger partial charge in [-0.1, -0.05) is 130 Å². The average molecular weight is 1420 g/mol. The lowest BCUT2D eigenvalue weighted by atomic mass is 9.87. The minimum absolute atomic E-state index is 0.0232. The minimum atomic E-state index is -2.88. The van der Waals surface area contributed by atoms with Gasteiger partial charge in [-0.05, 0) is 23.1 Å². The van der Waals surface area contributed by atoms with Gasteiger partial charge in [-0.25, -0.2) is 28.8 Å². The predicted octanol–water partition coefficient (Wildman–Crippen LogP) is 4.21. The number of carbonyl (C=O) groups excluding carboxylic acids is 8. The van der Waals surface area contributed by atoms with Crippen LogP contribution in [-0.2, 0) is 124 Å². The van der Waals surface area contributed by atoms with Crippen molar-refractivity contribution in [1.29, 1.82) is 0 Å². The van der Waals surface area contributed by atoms with Gasteiger partial charge in [0.2, 0.25) is 0 Å². The number of fused-ring (bicyclic) bond motifs is 3. The molecule has 30 nitrogen and oxygen atoms in total. The Morgan fingerprint density at radius 1 is 0.500 bits per heavy atom. The van der Waals surface area contributed by atoms with Crippen molar-refractivity contribution in [2.75, 3.05) is 59.5 Å². The van der Waals surface area contributed by atoms with E-state index < -0.39 is 201 Å². The number of alkyl halides is 2. The van der Waals surface area contributed by atoms with Crippen molar-refractivity contribution in [1.82, 2.24) is 16.0 Å². The van der Waals surface area contributed by atoms with Crippen LogP contribution in [0.5, 0.6) is 0 Å². The van der Waals surface area contributed by atoms with Crippen LogP contribution in [0.4, 0.5) is 14.4 Å². The molecule has 0 spiro atoms. The van der Waals surface area contributed by atoms with Crippen LogP contribution in [0.15, 0.2) is 91.0 Å². The van der Waals surface area contributed by atoms with Crippen LogP contribution in [0.25, 0.3) is 0 Å². The van der Waals surface area contributed by atoms with E-state index in [0.29, 0.717) is 23.1 Å². The number of amides is 3. The summed E-state index contributed by atoms with van der Waals surface area (Å²) in [4.78, 5) is 111. The molecule has 3 aromatic carbocycles. The SMILES string of the molecule is CCCCCCCCO[C@]1(C(=O)OC)C[C@@H]2OC(=O)N[C@H]2[C@H]([C@H](O)[C@@H](COCc2ccccc2)O[C@]2(C(=O)OC)C[C@@H]3OC(=O)N[C@H]3[C@H]([C@H](O)[C@@H](COCc3ccccc3)O[C@]3(C(=O)OC)C[C@@H]4OC(=O)N[C@H]4[C@H]([C@H](OC(=O)CCl)[C@@H](COCc4ccccc4)OC(=O)CCl)O3)O2)O1. The first-order valence-corrected chi connectivity index (χ1v) is 33.3. The number of rotatable bonds is 37. The van der Waals surface area contributed by atoms with E-state index in [1.54, 1.807) is 91.0 Å². The zero-order chi connectivity index (χ0) is 70.0. The van der Waals surface area contributed by atoms with Crippen molar-refractivity contribution in [3.05, 3.63) is 108 Å². The molecule has 9 rings (SSSR count). The molecule has 32 heteroatoms. The van der Waals surface area contributed by atoms with Gasteiger partial charge in [0.05, 0.1) is 105 Å². The maximum atomic E-state index is 14.9. The molecule has 0 radical (unpaired) electrons. The number of aliphatic hydroxyl groups is 2. The summed E-state index contributed by atoms with van der Waals surface area (Å²) in [5.74, 6) is -15.4. The maximum absolute atomic E-state index is 14.9. The van der Waals surface area contributed by atoms with Gasteiger partial charge in [0, 0.05) is 0 Å². The van der Waals surface area contributed by atoms with Crippen LogP contribution in [0.2, 0.25) is 0 Å². The predicted molar refractivity (Wildman–Crippen MR) is 335 cm³/mol. The smallest absolute Gasteiger partial charge is 0.407 e. The lowest BCUT2D eigenvalue weighted by Gasteiger charge is -2.49. The highest BCUT2D eigenvalue weighted by molar-refractivity contribution is 6.26. The van der Waals surface area contributed by atoms with E-state index in [0.717, 1.165) is 53.4 Å². The lowest BCUT2D eigenvalue weighted by molar-refractivity contribution is -0.355. The second-order valence-electron chi connectivity index (χ2n) is 24.1. The first-order valence-electron chi connectivity index (χ1n) is 32.2. The third-order valence-electron chi connectivity index (χ3n) is 17.4. The zero-order valence-electron chi connectivity index (χ0n) is 54.4. The molecule has 0 bridgehead atoms. The van der Waals surface area contributed by atoms with Crippen LogP contribution >= 0.6 is 23.2 Å². The van der Waals surface area contributed by atoms with Crippen LogP contribution < -0.4 is 16.0 Å². The van der Waals surface area contributed by atoms with Crippen molar-refractivity contribution in [2.24, 2.45) is 0 Å². The van der Waals surface area contributed by atoms with E-state index in [-0.39, 0.29) is 32.8 Å². The number of ether oxygens (including phenoxy) is 17. The number of carbonyl (C=O) groups is 8. The number of benzene rings is 3. The molecule has 3 aromatic rings. The van der Waals surface area contributed by atoms with Crippen LogP contribution in [0.3, 0.4) is 0 Å². The molecular formula is C66H83Cl2N3O27. The van der Waals surface area contributed by atoms with Gasteiger partial charge >= 0.3 is 48.1 Å². The zero-order valence-corrected chi connectivity index (χ0v) is 55.9. The van der Waals surface area contributed by atoms with Gasteiger partial charge in [0.1, 0.15) is 72.8 Å². The fraction of sp³-hybridized carbons (Fsp3) is 0.606. The van der Waals surface area contributed by atoms with Gasteiger partial charge in [-0.2, -0.15) is 0 Å². The molecule has 3 amide bonds. The van der Waals surface area contributed by atoms with E-state index >= 15 is 0 Å². The number of nitrogens with one attached hydrogen (secondary N) is 3. The number of hydrogen-bond acceptors (Lipinski definition) is 27. The molecule has 6 heterocycles. The fourth-order valence-corrected chi connectivity index (χ4v) is 12.8. The highest BCUT2D eigenvalue weighted by Crippen LogP contribution is 2.45. The summed E-state index contributed by atoms with van der Waals surface area (Å²) in [6, 6.07) is 22.2. The highest BCUT2D eigenvalue weighted by Gasteiger charge is 2.66. The Morgan fingerprint density at radius 2 is 0.857 bits per heavy atom. The highest BCUT2D eigenvalue weighted by atomic mass is 35.5. The van der Waals surface area contributed by atoms with Crippen LogP contribution in [0.1, 0.15) is 81.4 Å². The number of aliphatic hydroxyl groups excluding tert-OH is 2. The van der Waals surface area contributed by atoms with E-state index in [4.69, 9.17) is 104 Å². The molecule has 6 aliphatic rings. The Labute approximate surface area is 574 Å². The molecule has 538 valence electrons. The Bertz CT molecular complexity index is 3150. The fourth-order valence-electron chi connectivity index (χ4n) is 12.7. The van der Waals surface area contributed by atoms with Crippen molar-refractivity contribution >= 4 is 71.3 Å².